The third-order valence-electron chi connectivity index (χ3n) is 3.23. The van der Waals surface area contributed by atoms with E-state index in [-0.39, 0.29) is 0 Å². The number of carbonyl (C=O) groups is 1. The molecule has 0 aromatic heterocycles. The van der Waals surface area contributed by atoms with Crippen molar-refractivity contribution in [1.82, 2.24) is 0 Å². The van der Waals surface area contributed by atoms with Gasteiger partial charge in [-0.15, -0.1) is 0 Å². The molecule has 1 unspecified atom stereocenters. The molecule has 0 radical (unpaired) electrons. The molecule has 0 saturated heterocycles. The molecule has 21 heavy (non-hydrogen) atoms. The van der Waals surface area contributed by atoms with E-state index in [1.54, 1.807) is 43.3 Å². The molecule has 0 amide bonds. The molecule has 0 aliphatic heterocycles. The molecular weight excluding hydrogens is 309 g/mol. The fourth-order valence-electron chi connectivity index (χ4n) is 2.04. The molecule has 0 aliphatic carbocycles. The predicted octanol–water partition coefficient (Wildman–Crippen LogP) is 4.49. The largest absolute Gasteiger partial charge is 0.480 e. The van der Waals surface area contributed by atoms with Crippen LogP contribution in [0.3, 0.4) is 0 Å². The van der Waals surface area contributed by atoms with Crippen molar-refractivity contribution in [3.8, 4) is 0 Å². The van der Waals surface area contributed by atoms with E-state index in [1.807, 2.05) is 12.1 Å². The van der Waals surface area contributed by atoms with Crippen LogP contribution in [0.5, 0.6) is 0 Å². The first-order chi connectivity index (χ1) is 9.90. The molecule has 0 fully saturated rings. The molecule has 2 aromatic carbocycles. The van der Waals surface area contributed by atoms with E-state index in [9.17, 15) is 9.90 Å². The maximum atomic E-state index is 11.7. The van der Waals surface area contributed by atoms with Gasteiger partial charge in [0, 0.05) is 11.4 Å². The zero-order valence-electron chi connectivity index (χ0n) is 11.4. The van der Waals surface area contributed by atoms with Crippen LogP contribution in [0.4, 0.5) is 5.69 Å². The number of anilines is 1. The number of carboxylic acid groups (broad SMARTS) is 1. The van der Waals surface area contributed by atoms with Crippen molar-refractivity contribution in [2.24, 2.45) is 0 Å². The highest BCUT2D eigenvalue weighted by Gasteiger charge is 2.33. The molecule has 2 rings (SSSR count). The van der Waals surface area contributed by atoms with Gasteiger partial charge in [0.1, 0.15) is 5.54 Å². The molecule has 3 nitrogen and oxygen atoms in total. The maximum Gasteiger partial charge on any atom is 0.329 e. The first-order valence-corrected chi connectivity index (χ1v) is 7.17. The highest BCUT2D eigenvalue weighted by molar-refractivity contribution is 6.33. The van der Waals surface area contributed by atoms with Crippen molar-refractivity contribution in [2.75, 3.05) is 5.32 Å². The number of nitrogens with one attached hydrogen (secondary N) is 1. The number of rotatable bonds is 5. The summed E-state index contributed by atoms with van der Waals surface area (Å²) in [6.45, 7) is 1.63. The Bertz CT molecular complexity index is 643. The van der Waals surface area contributed by atoms with Crippen LogP contribution in [-0.4, -0.2) is 16.6 Å². The fourth-order valence-corrected chi connectivity index (χ4v) is 2.35. The number of benzene rings is 2. The second-order valence-electron chi connectivity index (χ2n) is 5.05. The number of carboxylic acids is 1. The van der Waals surface area contributed by atoms with Crippen LogP contribution in [0.15, 0.2) is 48.5 Å². The Balaban J connectivity index is 2.26. The summed E-state index contributed by atoms with van der Waals surface area (Å²) < 4.78 is 0. The van der Waals surface area contributed by atoms with Gasteiger partial charge < -0.3 is 10.4 Å². The van der Waals surface area contributed by atoms with Gasteiger partial charge >= 0.3 is 5.97 Å². The van der Waals surface area contributed by atoms with E-state index >= 15 is 0 Å². The van der Waals surface area contributed by atoms with Crippen molar-refractivity contribution in [2.45, 2.75) is 18.9 Å². The molecule has 0 saturated carbocycles. The van der Waals surface area contributed by atoms with Crippen molar-refractivity contribution >= 4 is 34.9 Å². The lowest BCUT2D eigenvalue weighted by molar-refractivity contribution is -0.141. The van der Waals surface area contributed by atoms with Gasteiger partial charge in [0.15, 0.2) is 0 Å². The quantitative estimate of drug-likeness (QED) is 0.852. The minimum absolute atomic E-state index is 0.310. The van der Waals surface area contributed by atoms with E-state index in [0.29, 0.717) is 22.2 Å². The van der Waals surface area contributed by atoms with Gasteiger partial charge in [-0.2, -0.15) is 0 Å². The van der Waals surface area contributed by atoms with Gasteiger partial charge in [-0.1, -0.05) is 47.5 Å². The van der Waals surface area contributed by atoms with Crippen molar-refractivity contribution in [3.05, 3.63) is 64.1 Å². The van der Waals surface area contributed by atoms with Gasteiger partial charge in [0.25, 0.3) is 0 Å². The summed E-state index contributed by atoms with van der Waals surface area (Å²) in [4.78, 5) is 11.7. The summed E-state index contributed by atoms with van der Waals surface area (Å²) in [6, 6.07) is 14.2. The molecule has 2 aromatic rings. The van der Waals surface area contributed by atoms with E-state index in [1.165, 1.54) is 0 Å². The average Bonchev–Trinajstić information content (AvgIpc) is 2.44. The van der Waals surface area contributed by atoms with Gasteiger partial charge in [-0.05, 0) is 36.8 Å². The van der Waals surface area contributed by atoms with Crippen LogP contribution in [-0.2, 0) is 11.2 Å². The summed E-state index contributed by atoms with van der Waals surface area (Å²) in [6.07, 6.45) is 0.310. The van der Waals surface area contributed by atoms with Crippen LogP contribution in [0.1, 0.15) is 12.5 Å². The molecule has 0 spiro atoms. The smallest absolute Gasteiger partial charge is 0.329 e. The second kappa shape index (κ2) is 6.37. The number of aliphatic carboxylic acids is 1. The van der Waals surface area contributed by atoms with Crippen LogP contribution in [0, 0.1) is 0 Å². The minimum Gasteiger partial charge on any atom is -0.480 e. The predicted molar refractivity (Wildman–Crippen MR) is 86.3 cm³/mol. The van der Waals surface area contributed by atoms with Crippen LogP contribution in [0.25, 0.3) is 0 Å². The SMILES string of the molecule is CC(Cc1ccc(Cl)cc1)(Nc1ccccc1Cl)C(=O)O. The Morgan fingerprint density at radius 3 is 2.33 bits per heavy atom. The Morgan fingerprint density at radius 1 is 1.14 bits per heavy atom. The number of hydrogen-bond acceptors (Lipinski definition) is 2. The van der Waals surface area contributed by atoms with E-state index in [0.717, 1.165) is 5.56 Å². The maximum absolute atomic E-state index is 11.7. The summed E-state index contributed by atoms with van der Waals surface area (Å²) in [7, 11) is 0. The summed E-state index contributed by atoms with van der Waals surface area (Å²) in [5.41, 5.74) is 0.306. The molecule has 2 N–H and O–H groups in total. The third-order valence-corrected chi connectivity index (χ3v) is 3.81. The Labute approximate surface area is 133 Å². The second-order valence-corrected chi connectivity index (χ2v) is 5.89. The topological polar surface area (TPSA) is 49.3 Å². The normalized spacial score (nSPS) is 13.5. The summed E-state index contributed by atoms with van der Waals surface area (Å²) in [5.74, 6) is -0.947. The van der Waals surface area contributed by atoms with Crippen LogP contribution >= 0.6 is 23.2 Å². The Hall–Kier alpha value is -1.71. The van der Waals surface area contributed by atoms with Crippen molar-refractivity contribution in [1.29, 1.82) is 0 Å². The third kappa shape index (κ3) is 3.90. The van der Waals surface area contributed by atoms with Gasteiger partial charge in [0.05, 0.1) is 10.7 Å². The zero-order valence-corrected chi connectivity index (χ0v) is 12.9. The van der Waals surface area contributed by atoms with Crippen LogP contribution in [0.2, 0.25) is 10.0 Å². The highest BCUT2D eigenvalue weighted by Crippen LogP contribution is 2.27. The fraction of sp³-hybridized carbons (Fsp3) is 0.188. The lowest BCUT2D eigenvalue weighted by atomic mass is 9.92. The molecule has 0 aliphatic rings. The molecule has 110 valence electrons. The summed E-state index contributed by atoms with van der Waals surface area (Å²) in [5, 5.41) is 13.7. The lowest BCUT2D eigenvalue weighted by Crippen LogP contribution is -2.45. The van der Waals surface area contributed by atoms with E-state index in [4.69, 9.17) is 23.2 Å². The summed E-state index contributed by atoms with van der Waals surface area (Å²) >= 11 is 11.9. The van der Waals surface area contributed by atoms with E-state index in [2.05, 4.69) is 5.32 Å². The molecule has 5 heteroatoms. The number of hydrogen-bond donors (Lipinski definition) is 2. The van der Waals surface area contributed by atoms with Gasteiger partial charge in [-0.25, -0.2) is 4.79 Å². The van der Waals surface area contributed by atoms with Crippen molar-refractivity contribution < 1.29 is 9.90 Å². The van der Waals surface area contributed by atoms with Crippen molar-refractivity contribution in [3.63, 3.8) is 0 Å². The molecular formula is C16H15Cl2NO2. The average molecular weight is 324 g/mol. The van der Waals surface area contributed by atoms with Crippen LogP contribution < -0.4 is 5.32 Å². The first kappa shape index (κ1) is 15.7. The Morgan fingerprint density at radius 2 is 1.76 bits per heavy atom. The Kier molecular flexibility index (Phi) is 4.76. The molecule has 0 heterocycles. The first-order valence-electron chi connectivity index (χ1n) is 6.41. The lowest BCUT2D eigenvalue weighted by Gasteiger charge is -2.28. The monoisotopic (exact) mass is 323 g/mol. The number of para-hydroxylation sites is 1. The molecule has 1 atom stereocenters. The van der Waals surface area contributed by atoms with E-state index < -0.39 is 11.5 Å². The standard InChI is InChI=1S/C16H15Cl2NO2/c1-16(15(20)21,10-11-6-8-12(17)9-7-11)19-14-5-3-2-4-13(14)18/h2-9,19H,10H2,1H3,(H,20,21). The number of halogens is 2. The molecule has 0 bridgehead atoms. The van der Waals surface area contributed by atoms with Gasteiger partial charge in [0.2, 0.25) is 0 Å². The zero-order chi connectivity index (χ0) is 15.5. The van der Waals surface area contributed by atoms with Gasteiger partial charge in [-0.3, -0.25) is 0 Å². The minimum atomic E-state index is -1.17. The highest BCUT2D eigenvalue weighted by atomic mass is 35.5.